The maximum atomic E-state index is 4.91. The van der Waals surface area contributed by atoms with E-state index >= 15 is 0 Å². The third-order valence-electron chi connectivity index (χ3n) is 6.54. The molecular weight excluding hydrogens is 480 g/mol. The van der Waals surface area contributed by atoms with Crippen LogP contribution in [0.3, 0.4) is 0 Å². The summed E-state index contributed by atoms with van der Waals surface area (Å²) in [6.07, 6.45) is 1.89. The summed E-state index contributed by atoms with van der Waals surface area (Å²) < 4.78 is 1.77. The fourth-order valence-electron chi connectivity index (χ4n) is 4.54. The van der Waals surface area contributed by atoms with Gasteiger partial charge in [-0.05, 0) is 29.3 Å². The van der Waals surface area contributed by atoms with E-state index in [0.717, 1.165) is 33.5 Å². The van der Waals surface area contributed by atoms with Crippen molar-refractivity contribution in [2.24, 2.45) is 0 Å². The molecule has 3 heterocycles. The van der Waals surface area contributed by atoms with Crippen LogP contribution in [0.2, 0.25) is 0 Å². The number of benzene rings is 4. The Balaban J connectivity index is 1.32. The van der Waals surface area contributed by atoms with Crippen LogP contribution in [0.5, 0.6) is 0 Å². The molecule has 39 heavy (non-hydrogen) atoms. The van der Waals surface area contributed by atoms with Gasteiger partial charge in [0.05, 0.1) is 0 Å². The molecule has 3 aromatic heterocycles. The van der Waals surface area contributed by atoms with Gasteiger partial charge in [-0.1, -0.05) is 109 Å². The molecular formula is C33H22N6. The second-order valence-corrected chi connectivity index (χ2v) is 9.14. The second-order valence-electron chi connectivity index (χ2n) is 9.14. The first-order valence-electron chi connectivity index (χ1n) is 12.7. The molecule has 0 aliphatic rings. The molecule has 0 fully saturated rings. The van der Waals surface area contributed by atoms with Crippen molar-refractivity contribution >= 4 is 5.65 Å². The molecule has 0 aliphatic carbocycles. The maximum absolute atomic E-state index is 4.91. The lowest BCUT2D eigenvalue weighted by Crippen LogP contribution is -2.00. The van der Waals surface area contributed by atoms with Crippen LogP contribution in [0.1, 0.15) is 0 Å². The summed E-state index contributed by atoms with van der Waals surface area (Å²) in [5, 5.41) is 4.63. The molecule has 0 spiro atoms. The third-order valence-corrected chi connectivity index (χ3v) is 6.54. The summed E-state index contributed by atoms with van der Waals surface area (Å²) in [7, 11) is 0. The van der Waals surface area contributed by atoms with E-state index < -0.39 is 0 Å². The molecule has 184 valence electrons. The highest BCUT2D eigenvalue weighted by molar-refractivity contribution is 5.72. The monoisotopic (exact) mass is 502 g/mol. The molecule has 6 nitrogen and oxygen atoms in total. The minimum absolute atomic E-state index is 0.594. The van der Waals surface area contributed by atoms with Gasteiger partial charge in [0.25, 0.3) is 0 Å². The highest BCUT2D eigenvalue weighted by Crippen LogP contribution is 2.28. The number of rotatable bonds is 5. The molecule has 0 N–H and O–H groups in total. The number of hydrogen-bond acceptors (Lipinski definition) is 5. The number of aromatic nitrogens is 6. The van der Waals surface area contributed by atoms with Gasteiger partial charge in [-0.15, -0.1) is 5.10 Å². The largest absolute Gasteiger partial charge is 0.221 e. The number of fused-ring (bicyclic) bond motifs is 1. The van der Waals surface area contributed by atoms with Crippen LogP contribution in [-0.2, 0) is 0 Å². The third kappa shape index (κ3) is 4.55. The van der Waals surface area contributed by atoms with Crippen LogP contribution in [-0.4, -0.2) is 29.5 Å². The van der Waals surface area contributed by atoms with Crippen LogP contribution in [0.4, 0.5) is 0 Å². The van der Waals surface area contributed by atoms with Crippen molar-refractivity contribution < 1.29 is 0 Å². The highest BCUT2D eigenvalue weighted by atomic mass is 15.3. The van der Waals surface area contributed by atoms with Gasteiger partial charge in [0, 0.05) is 28.5 Å². The number of pyridine rings is 1. The second kappa shape index (κ2) is 9.76. The van der Waals surface area contributed by atoms with Crippen molar-refractivity contribution in [3.8, 4) is 56.7 Å². The summed E-state index contributed by atoms with van der Waals surface area (Å²) >= 11 is 0. The Morgan fingerprint density at radius 2 is 0.846 bits per heavy atom. The zero-order valence-electron chi connectivity index (χ0n) is 20.9. The van der Waals surface area contributed by atoms with Crippen LogP contribution in [0.15, 0.2) is 134 Å². The van der Waals surface area contributed by atoms with E-state index in [1.165, 1.54) is 5.56 Å². The van der Waals surface area contributed by atoms with Crippen molar-refractivity contribution in [2.45, 2.75) is 0 Å². The molecule has 0 unspecified atom stereocenters. The molecule has 7 rings (SSSR count). The number of nitrogens with zero attached hydrogens (tertiary/aromatic N) is 6. The van der Waals surface area contributed by atoms with Crippen LogP contribution >= 0.6 is 0 Å². The van der Waals surface area contributed by atoms with Gasteiger partial charge in [0.1, 0.15) is 0 Å². The Labute approximate surface area is 225 Å². The first-order chi connectivity index (χ1) is 19.3. The van der Waals surface area contributed by atoms with E-state index in [0.29, 0.717) is 23.3 Å². The first-order valence-corrected chi connectivity index (χ1v) is 12.7. The van der Waals surface area contributed by atoms with Crippen molar-refractivity contribution in [3.05, 3.63) is 134 Å². The normalized spacial score (nSPS) is 11.1. The molecule has 6 heteroatoms. The van der Waals surface area contributed by atoms with Crippen molar-refractivity contribution in [1.82, 2.24) is 29.5 Å². The van der Waals surface area contributed by atoms with E-state index in [1.807, 2.05) is 97.2 Å². The Bertz CT molecular complexity index is 1860. The zero-order chi connectivity index (χ0) is 26.0. The molecule has 0 aliphatic heterocycles. The lowest BCUT2D eigenvalue weighted by Gasteiger charge is -2.09. The predicted molar refractivity (Wildman–Crippen MR) is 154 cm³/mol. The summed E-state index contributed by atoms with van der Waals surface area (Å²) in [6, 6.07) is 42.5. The van der Waals surface area contributed by atoms with E-state index in [-0.39, 0.29) is 0 Å². The summed E-state index contributed by atoms with van der Waals surface area (Å²) in [5.41, 5.74) is 6.73. The molecule has 0 amide bonds. The van der Waals surface area contributed by atoms with Crippen molar-refractivity contribution in [1.29, 1.82) is 0 Å². The van der Waals surface area contributed by atoms with Gasteiger partial charge < -0.3 is 0 Å². The average molecular weight is 503 g/mol. The zero-order valence-corrected chi connectivity index (χ0v) is 20.9. The van der Waals surface area contributed by atoms with E-state index in [4.69, 9.17) is 15.0 Å². The van der Waals surface area contributed by atoms with Gasteiger partial charge in [-0.2, -0.15) is 0 Å². The van der Waals surface area contributed by atoms with E-state index in [2.05, 4.69) is 46.5 Å². The summed E-state index contributed by atoms with van der Waals surface area (Å²) in [6.45, 7) is 0. The van der Waals surface area contributed by atoms with Crippen LogP contribution < -0.4 is 0 Å². The Kier molecular flexibility index (Phi) is 5.68. The fourth-order valence-corrected chi connectivity index (χ4v) is 4.54. The van der Waals surface area contributed by atoms with Gasteiger partial charge in [0.15, 0.2) is 28.9 Å². The SMILES string of the molecule is c1ccc(-c2ccc(-c3nc(-c4ccccc4)nc(-c4cccc(-c5nc6ccccn6n5)c4)n3)cc2)cc1. The summed E-state index contributed by atoms with van der Waals surface area (Å²) in [4.78, 5) is 19.3. The topological polar surface area (TPSA) is 68.9 Å². The van der Waals surface area contributed by atoms with E-state index in [1.54, 1.807) is 4.52 Å². The summed E-state index contributed by atoms with van der Waals surface area (Å²) in [5.74, 6) is 2.49. The fraction of sp³-hybridized carbons (Fsp3) is 0. The molecule has 7 aromatic rings. The lowest BCUT2D eigenvalue weighted by molar-refractivity contribution is 0.966. The molecule has 0 radical (unpaired) electrons. The Hall–Kier alpha value is -5.49. The minimum Gasteiger partial charge on any atom is -0.221 e. The molecule has 0 bridgehead atoms. The Morgan fingerprint density at radius 1 is 0.359 bits per heavy atom. The quantitative estimate of drug-likeness (QED) is 0.248. The van der Waals surface area contributed by atoms with Crippen molar-refractivity contribution in [3.63, 3.8) is 0 Å². The number of hydrogen-bond donors (Lipinski definition) is 0. The molecule has 4 aromatic carbocycles. The minimum atomic E-state index is 0.594. The van der Waals surface area contributed by atoms with Crippen LogP contribution in [0, 0.1) is 0 Å². The first kappa shape index (κ1) is 22.7. The van der Waals surface area contributed by atoms with E-state index in [9.17, 15) is 0 Å². The maximum Gasteiger partial charge on any atom is 0.182 e. The van der Waals surface area contributed by atoms with Crippen molar-refractivity contribution in [2.75, 3.05) is 0 Å². The smallest absolute Gasteiger partial charge is 0.182 e. The lowest BCUT2D eigenvalue weighted by atomic mass is 10.0. The molecule has 0 saturated carbocycles. The molecule has 0 saturated heterocycles. The standard InChI is InChI=1S/C33H22N6/c1-3-10-23(11-4-1)24-17-19-26(20-18-24)31-35-30(25-12-5-2-6-13-25)36-32(37-31)27-14-9-15-28(22-27)33-34-29-16-7-8-21-39(29)38-33/h1-22H. The Morgan fingerprint density at radius 3 is 1.51 bits per heavy atom. The highest BCUT2D eigenvalue weighted by Gasteiger charge is 2.14. The van der Waals surface area contributed by atoms with Crippen LogP contribution in [0.25, 0.3) is 62.3 Å². The molecule has 0 atom stereocenters. The van der Waals surface area contributed by atoms with Gasteiger partial charge in [-0.25, -0.2) is 24.5 Å². The predicted octanol–water partition coefficient (Wildman–Crippen LogP) is 7.25. The average Bonchev–Trinajstić information content (AvgIpc) is 3.47. The van der Waals surface area contributed by atoms with Gasteiger partial charge in [0.2, 0.25) is 0 Å². The van der Waals surface area contributed by atoms with Gasteiger partial charge >= 0.3 is 0 Å². The van der Waals surface area contributed by atoms with Gasteiger partial charge in [-0.3, -0.25) is 0 Å².